The van der Waals surface area contributed by atoms with Crippen LogP contribution in [0, 0.1) is 5.82 Å². The van der Waals surface area contributed by atoms with Gasteiger partial charge in [-0.15, -0.1) is 0 Å². The van der Waals surface area contributed by atoms with Gasteiger partial charge in [-0.3, -0.25) is 4.99 Å². The minimum Gasteiger partial charge on any atom is -0.366 e. The predicted octanol–water partition coefficient (Wildman–Crippen LogP) is 5.69. The number of para-hydroxylation sites is 1. The standard InChI is InChI=1S/C21H25FN2/c1-5-24-20-11-10-16(12-17(20)15(2)13-21(24,3)4)14-23-19-9-7-6-8-18(19)22/h6-12,14-15H,5,13H2,1-4H3. The van der Waals surface area contributed by atoms with Crippen LogP contribution in [0.25, 0.3) is 0 Å². The highest BCUT2D eigenvalue weighted by Crippen LogP contribution is 2.43. The third-order valence-corrected chi connectivity index (χ3v) is 4.93. The summed E-state index contributed by atoms with van der Waals surface area (Å²) in [4.78, 5) is 6.78. The third kappa shape index (κ3) is 3.08. The number of aliphatic imine (C=N–C) groups is 1. The van der Waals surface area contributed by atoms with Gasteiger partial charge in [0.2, 0.25) is 0 Å². The van der Waals surface area contributed by atoms with Crippen LogP contribution >= 0.6 is 0 Å². The van der Waals surface area contributed by atoms with Crippen LogP contribution in [0.15, 0.2) is 47.5 Å². The van der Waals surface area contributed by atoms with Gasteiger partial charge in [0.25, 0.3) is 0 Å². The Kier molecular flexibility index (Phi) is 4.44. The van der Waals surface area contributed by atoms with Crippen LogP contribution in [0.2, 0.25) is 0 Å². The minimum absolute atomic E-state index is 0.171. The SMILES string of the molecule is CCN1c2ccc(C=Nc3ccccc3F)cc2C(C)CC1(C)C. The fourth-order valence-electron chi connectivity index (χ4n) is 3.89. The summed E-state index contributed by atoms with van der Waals surface area (Å²) >= 11 is 0. The normalized spacial score (nSPS) is 19.5. The van der Waals surface area contributed by atoms with Crippen LogP contribution in [0.5, 0.6) is 0 Å². The van der Waals surface area contributed by atoms with Crippen molar-refractivity contribution >= 4 is 17.6 Å². The maximum atomic E-state index is 13.7. The average Bonchev–Trinajstić information content (AvgIpc) is 2.54. The third-order valence-electron chi connectivity index (χ3n) is 4.93. The number of anilines is 1. The van der Waals surface area contributed by atoms with Crippen molar-refractivity contribution in [3.63, 3.8) is 0 Å². The Morgan fingerprint density at radius 1 is 1.25 bits per heavy atom. The van der Waals surface area contributed by atoms with E-state index in [-0.39, 0.29) is 11.4 Å². The zero-order valence-electron chi connectivity index (χ0n) is 14.9. The maximum Gasteiger partial charge on any atom is 0.148 e. The largest absolute Gasteiger partial charge is 0.366 e. The molecule has 0 saturated heterocycles. The van der Waals surface area contributed by atoms with E-state index in [1.165, 1.54) is 17.3 Å². The molecule has 1 unspecified atom stereocenters. The lowest BCUT2D eigenvalue weighted by molar-refractivity contribution is 0.381. The Labute approximate surface area is 144 Å². The molecule has 24 heavy (non-hydrogen) atoms. The molecule has 1 atom stereocenters. The molecule has 0 radical (unpaired) electrons. The highest BCUT2D eigenvalue weighted by molar-refractivity contribution is 5.83. The molecule has 1 aliphatic rings. The molecule has 0 aromatic heterocycles. The number of hydrogen-bond acceptors (Lipinski definition) is 2. The van der Waals surface area contributed by atoms with Crippen molar-refractivity contribution in [1.82, 2.24) is 0 Å². The molecule has 3 rings (SSSR count). The molecule has 2 aromatic carbocycles. The van der Waals surface area contributed by atoms with E-state index < -0.39 is 0 Å². The Morgan fingerprint density at radius 2 is 2.00 bits per heavy atom. The number of benzene rings is 2. The summed E-state index contributed by atoms with van der Waals surface area (Å²) in [7, 11) is 0. The van der Waals surface area contributed by atoms with Gasteiger partial charge in [-0.2, -0.15) is 0 Å². The Bertz CT molecular complexity index is 764. The summed E-state index contributed by atoms with van der Waals surface area (Å²) in [6, 6.07) is 13.0. The first kappa shape index (κ1) is 16.7. The van der Waals surface area contributed by atoms with Gasteiger partial charge in [-0.1, -0.05) is 25.1 Å². The first-order valence-electron chi connectivity index (χ1n) is 8.62. The van der Waals surface area contributed by atoms with E-state index in [1.54, 1.807) is 24.4 Å². The molecule has 0 amide bonds. The molecule has 0 bridgehead atoms. The van der Waals surface area contributed by atoms with Crippen LogP contribution in [-0.2, 0) is 0 Å². The van der Waals surface area contributed by atoms with Gasteiger partial charge in [0, 0.05) is 24.0 Å². The first-order valence-corrected chi connectivity index (χ1v) is 8.62. The van der Waals surface area contributed by atoms with Gasteiger partial charge in [0.05, 0.1) is 5.69 Å². The van der Waals surface area contributed by atoms with Crippen LogP contribution in [0.4, 0.5) is 15.8 Å². The second kappa shape index (κ2) is 6.39. The number of rotatable bonds is 3. The monoisotopic (exact) mass is 324 g/mol. The number of fused-ring (bicyclic) bond motifs is 1. The van der Waals surface area contributed by atoms with Gasteiger partial charge >= 0.3 is 0 Å². The van der Waals surface area contributed by atoms with Crippen molar-refractivity contribution < 1.29 is 4.39 Å². The molecule has 1 heterocycles. The summed E-state index contributed by atoms with van der Waals surface area (Å²) in [5, 5.41) is 0. The molecule has 2 aromatic rings. The second-order valence-electron chi connectivity index (χ2n) is 7.19. The van der Waals surface area contributed by atoms with Crippen LogP contribution in [0.3, 0.4) is 0 Å². The van der Waals surface area contributed by atoms with E-state index in [0.717, 1.165) is 18.5 Å². The number of nitrogens with zero attached hydrogens (tertiary/aromatic N) is 2. The van der Waals surface area contributed by atoms with Crippen molar-refractivity contribution in [2.45, 2.75) is 45.6 Å². The first-order chi connectivity index (χ1) is 11.4. The molecule has 1 aliphatic heterocycles. The number of halogens is 1. The van der Waals surface area contributed by atoms with Crippen molar-refractivity contribution in [2.75, 3.05) is 11.4 Å². The molecular formula is C21H25FN2. The summed E-state index contributed by atoms with van der Waals surface area (Å²) in [6.07, 6.45) is 2.88. The summed E-state index contributed by atoms with van der Waals surface area (Å²) < 4.78 is 13.7. The van der Waals surface area contributed by atoms with E-state index >= 15 is 0 Å². The average molecular weight is 324 g/mol. The van der Waals surface area contributed by atoms with Gasteiger partial charge in [0.1, 0.15) is 5.82 Å². The fourth-order valence-corrected chi connectivity index (χ4v) is 3.89. The van der Waals surface area contributed by atoms with Crippen molar-refractivity contribution in [2.24, 2.45) is 4.99 Å². The van der Waals surface area contributed by atoms with E-state index in [2.05, 4.69) is 55.8 Å². The second-order valence-corrected chi connectivity index (χ2v) is 7.19. The van der Waals surface area contributed by atoms with Crippen LogP contribution < -0.4 is 4.90 Å². The van der Waals surface area contributed by atoms with Gasteiger partial charge in [-0.25, -0.2) is 4.39 Å². The quantitative estimate of drug-likeness (QED) is 0.662. The smallest absolute Gasteiger partial charge is 0.148 e. The molecule has 0 aliphatic carbocycles. The van der Waals surface area contributed by atoms with E-state index in [4.69, 9.17) is 0 Å². The zero-order valence-corrected chi connectivity index (χ0v) is 14.9. The lowest BCUT2D eigenvalue weighted by Crippen LogP contribution is -2.48. The summed E-state index contributed by atoms with van der Waals surface area (Å²) in [6.45, 7) is 10.1. The van der Waals surface area contributed by atoms with Crippen molar-refractivity contribution in [3.05, 3.63) is 59.4 Å². The highest BCUT2D eigenvalue weighted by atomic mass is 19.1. The minimum atomic E-state index is -0.293. The molecule has 0 N–H and O–H groups in total. The van der Waals surface area contributed by atoms with Crippen molar-refractivity contribution in [1.29, 1.82) is 0 Å². The Balaban J connectivity index is 1.94. The Hall–Kier alpha value is -2.16. The van der Waals surface area contributed by atoms with E-state index in [9.17, 15) is 4.39 Å². The highest BCUT2D eigenvalue weighted by Gasteiger charge is 2.35. The zero-order chi connectivity index (χ0) is 17.3. The maximum absolute atomic E-state index is 13.7. The predicted molar refractivity (Wildman–Crippen MR) is 100 cm³/mol. The molecular weight excluding hydrogens is 299 g/mol. The molecule has 0 spiro atoms. The summed E-state index contributed by atoms with van der Waals surface area (Å²) in [5.74, 6) is 0.207. The molecule has 0 saturated carbocycles. The molecule has 3 heteroatoms. The topological polar surface area (TPSA) is 15.6 Å². The molecule has 2 nitrogen and oxygen atoms in total. The fraction of sp³-hybridized carbons (Fsp3) is 0.381. The molecule has 126 valence electrons. The number of hydrogen-bond donors (Lipinski definition) is 0. The lowest BCUT2D eigenvalue weighted by Gasteiger charge is -2.47. The lowest BCUT2D eigenvalue weighted by atomic mass is 9.79. The molecule has 0 fully saturated rings. The van der Waals surface area contributed by atoms with Gasteiger partial charge < -0.3 is 4.90 Å². The van der Waals surface area contributed by atoms with Crippen LogP contribution in [0.1, 0.15) is 51.2 Å². The van der Waals surface area contributed by atoms with Crippen LogP contribution in [-0.4, -0.2) is 18.3 Å². The van der Waals surface area contributed by atoms with Gasteiger partial charge in [-0.05, 0) is 68.5 Å². The summed E-state index contributed by atoms with van der Waals surface area (Å²) in [5.41, 5.74) is 4.22. The van der Waals surface area contributed by atoms with Gasteiger partial charge in [0.15, 0.2) is 0 Å². The van der Waals surface area contributed by atoms with E-state index in [0.29, 0.717) is 11.6 Å². The van der Waals surface area contributed by atoms with Crippen molar-refractivity contribution in [3.8, 4) is 0 Å². The Morgan fingerprint density at radius 3 is 2.71 bits per heavy atom. The van der Waals surface area contributed by atoms with E-state index in [1.807, 2.05) is 0 Å².